The number of aliphatic imine (C=N–C) groups is 2. The molecule has 0 aliphatic rings. The molecule has 2 aromatic rings. The highest BCUT2D eigenvalue weighted by Crippen LogP contribution is 2.22. The Morgan fingerprint density at radius 1 is 1.32 bits per heavy atom. The number of amidine groups is 1. The number of fused-ring (bicyclic) bond motifs is 1. The largest absolute Gasteiger partial charge is 0.405 e. The molecule has 2 rings (SSSR count). The second-order valence-corrected chi connectivity index (χ2v) is 7.11. The summed E-state index contributed by atoms with van der Waals surface area (Å²) in [4.78, 5) is 28.3. The fourth-order valence-electron chi connectivity index (χ4n) is 2.89. The van der Waals surface area contributed by atoms with Gasteiger partial charge in [0.15, 0.2) is 5.84 Å². The molecule has 0 unspecified atom stereocenters. The molecule has 0 radical (unpaired) electrons. The molecule has 1 amide bonds. The normalized spacial score (nSPS) is 13.5. The number of amides is 1. The van der Waals surface area contributed by atoms with Crippen LogP contribution in [0.4, 0.5) is 13.2 Å². The standard InChI is InChI=1S/C20H24ClF3N6O/c1-4-7-25-17(15-10-27-16-14(15)8-13(21)9-26-16)29-12-30-19(5-2,6-3)18(31)28-11-20(22,23)24/h4,7-10,12H,5-6,11H2,1-3H3,(H,26,27)(H,28,31)(H,25,29,30)/b7-4-. The summed E-state index contributed by atoms with van der Waals surface area (Å²) < 4.78 is 37.5. The Morgan fingerprint density at radius 2 is 2.03 bits per heavy atom. The first-order valence-corrected chi connectivity index (χ1v) is 10.0. The second-order valence-electron chi connectivity index (χ2n) is 6.68. The first kappa shape index (κ1) is 24.4. The lowest BCUT2D eigenvalue weighted by Gasteiger charge is -2.30. The van der Waals surface area contributed by atoms with E-state index in [4.69, 9.17) is 11.6 Å². The van der Waals surface area contributed by atoms with E-state index < -0.39 is 24.2 Å². The Bertz CT molecular complexity index is 992. The summed E-state index contributed by atoms with van der Waals surface area (Å²) >= 11 is 6.05. The summed E-state index contributed by atoms with van der Waals surface area (Å²) in [6.07, 6.45) is 3.75. The molecule has 3 N–H and O–H groups in total. The van der Waals surface area contributed by atoms with Crippen LogP contribution in [0.15, 0.2) is 40.7 Å². The van der Waals surface area contributed by atoms with Gasteiger partial charge in [0.2, 0.25) is 5.91 Å². The second kappa shape index (κ2) is 10.4. The van der Waals surface area contributed by atoms with Crippen LogP contribution in [-0.4, -0.2) is 46.3 Å². The van der Waals surface area contributed by atoms with Crippen LogP contribution < -0.4 is 10.6 Å². The molecule has 0 bridgehead atoms. The van der Waals surface area contributed by atoms with E-state index in [2.05, 4.69) is 25.3 Å². The van der Waals surface area contributed by atoms with Gasteiger partial charge in [0, 0.05) is 29.5 Å². The molecule has 11 heteroatoms. The highest BCUT2D eigenvalue weighted by atomic mass is 35.5. The molecule has 168 valence electrons. The Labute approximate surface area is 182 Å². The average molecular weight is 457 g/mol. The van der Waals surface area contributed by atoms with Crippen LogP contribution in [0.3, 0.4) is 0 Å². The summed E-state index contributed by atoms with van der Waals surface area (Å²) in [7, 11) is 0. The van der Waals surface area contributed by atoms with Crippen LogP contribution in [0.1, 0.15) is 39.2 Å². The van der Waals surface area contributed by atoms with Crippen molar-refractivity contribution in [2.45, 2.75) is 45.3 Å². The van der Waals surface area contributed by atoms with Crippen molar-refractivity contribution in [3.8, 4) is 0 Å². The predicted octanol–water partition coefficient (Wildman–Crippen LogP) is 4.35. The minimum atomic E-state index is -4.49. The first-order valence-electron chi connectivity index (χ1n) is 9.63. The number of aromatic amines is 1. The minimum Gasteiger partial charge on any atom is -0.362 e. The maximum Gasteiger partial charge on any atom is 0.405 e. The van der Waals surface area contributed by atoms with Gasteiger partial charge < -0.3 is 15.6 Å². The molecular weight excluding hydrogens is 433 g/mol. The number of carbonyl (C=O) groups is 1. The lowest BCUT2D eigenvalue weighted by molar-refractivity contribution is -0.142. The van der Waals surface area contributed by atoms with Gasteiger partial charge in [-0.25, -0.2) is 15.0 Å². The highest BCUT2D eigenvalue weighted by Gasteiger charge is 2.36. The fraction of sp³-hybridized carbons (Fsp3) is 0.400. The molecule has 7 nitrogen and oxygen atoms in total. The van der Waals surface area contributed by atoms with Gasteiger partial charge >= 0.3 is 6.18 Å². The van der Waals surface area contributed by atoms with Gasteiger partial charge in [0.1, 0.15) is 17.7 Å². The van der Waals surface area contributed by atoms with Crippen LogP contribution in [0.25, 0.3) is 11.0 Å². The van der Waals surface area contributed by atoms with Crippen molar-refractivity contribution in [1.82, 2.24) is 20.6 Å². The van der Waals surface area contributed by atoms with Gasteiger partial charge in [-0.2, -0.15) is 13.2 Å². The van der Waals surface area contributed by atoms with Crippen molar-refractivity contribution in [2.24, 2.45) is 9.98 Å². The maximum absolute atomic E-state index is 12.5. The van der Waals surface area contributed by atoms with E-state index in [1.54, 1.807) is 45.3 Å². The molecule has 0 aromatic carbocycles. The zero-order valence-corrected chi connectivity index (χ0v) is 18.1. The Balaban J connectivity index is 2.30. The summed E-state index contributed by atoms with van der Waals surface area (Å²) in [5, 5.41) is 5.95. The van der Waals surface area contributed by atoms with E-state index >= 15 is 0 Å². The number of carbonyl (C=O) groups excluding carboxylic acids is 1. The lowest BCUT2D eigenvalue weighted by Crippen LogP contribution is -2.57. The number of aromatic nitrogens is 2. The van der Waals surface area contributed by atoms with Crippen molar-refractivity contribution in [3.63, 3.8) is 0 Å². The molecular formula is C20H24ClF3N6O. The quantitative estimate of drug-likeness (QED) is 0.407. The molecule has 0 atom stereocenters. The lowest BCUT2D eigenvalue weighted by atomic mass is 9.92. The number of H-pyrrole nitrogens is 1. The van der Waals surface area contributed by atoms with Crippen LogP contribution in [0, 0.1) is 0 Å². The van der Waals surface area contributed by atoms with Crippen LogP contribution in [-0.2, 0) is 4.79 Å². The summed E-state index contributed by atoms with van der Waals surface area (Å²) in [6, 6.07) is 1.72. The number of allylic oxidation sites excluding steroid dienone is 1. The van der Waals surface area contributed by atoms with Crippen LogP contribution >= 0.6 is 11.6 Å². The third-order valence-electron chi connectivity index (χ3n) is 4.70. The van der Waals surface area contributed by atoms with E-state index in [-0.39, 0.29) is 12.8 Å². The molecule has 0 saturated heterocycles. The monoisotopic (exact) mass is 456 g/mol. The van der Waals surface area contributed by atoms with Crippen LogP contribution in [0.5, 0.6) is 0 Å². The SMILES string of the molecule is C\C=C/N=C(\N=C\NC(CC)(CC)C(=O)NCC(F)(F)F)c1c[nH]c2ncc(Cl)cc12. The highest BCUT2D eigenvalue weighted by molar-refractivity contribution is 6.31. The van der Waals surface area contributed by atoms with Crippen molar-refractivity contribution in [1.29, 1.82) is 0 Å². The van der Waals surface area contributed by atoms with Gasteiger partial charge in [0.25, 0.3) is 0 Å². The van der Waals surface area contributed by atoms with Gasteiger partial charge in [-0.3, -0.25) is 4.79 Å². The van der Waals surface area contributed by atoms with E-state index in [0.29, 0.717) is 27.5 Å². The van der Waals surface area contributed by atoms with E-state index in [9.17, 15) is 18.0 Å². The number of rotatable bonds is 8. The molecule has 0 spiro atoms. The van der Waals surface area contributed by atoms with E-state index in [1.165, 1.54) is 12.5 Å². The zero-order valence-electron chi connectivity index (χ0n) is 17.3. The van der Waals surface area contributed by atoms with Crippen molar-refractivity contribution in [2.75, 3.05) is 6.54 Å². The molecule has 0 saturated carbocycles. The number of hydrogen-bond acceptors (Lipinski definition) is 3. The topological polar surface area (TPSA) is 94.5 Å². The first-order chi connectivity index (χ1) is 14.7. The van der Waals surface area contributed by atoms with Gasteiger partial charge in [0.05, 0.1) is 11.4 Å². The van der Waals surface area contributed by atoms with Crippen LogP contribution in [0.2, 0.25) is 5.02 Å². The molecule has 31 heavy (non-hydrogen) atoms. The van der Waals surface area contributed by atoms with Gasteiger partial charge in [-0.15, -0.1) is 0 Å². The average Bonchev–Trinajstić information content (AvgIpc) is 3.14. The molecule has 2 aromatic heterocycles. The summed E-state index contributed by atoms with van der Waals surface area (Å²) in [5.41, 5.74) is -0.0223. The van der Waals surface area contributed by atoms with E-state index in [0.717, 1.165) is 0 Å². The Kier molecular flexibility index (Phi) is 8.21. The van der Waals surface area contributed by atoms with Crippen molar-refractivity contribution < 1.29 is 18.0 Å². The number of pyridine rings is 1. The number of alkyl halides is 3. The molecule has 0 fully saturated rings. The molecule has 0 aliphatic heterocycles. The minimum absolute atomic E-state index is 0.257. The third-order valence-corrected chi connectivity index (χ3v) is 4.91. The number of halogens is 4. The maximum atomic E-state index is 12.5. The van der Waals surface area contributed by atoms with E-state index in [1.807, 2.05) is 5.32 Å². The Hall–Kier alpha value is -2.88. The number of nitrogens with zero attached hydrogens (tertiary/aromatic N) is 3. The smallest absolute Gasteiger partial charge is 0.362 e. The van der Waals surface area contributed by atoms with Crippen molar-refractivity contribution in [3.05, 3.63) is 41.3 Å². The summed E-state index contributed by atoms with van der Waals surface area (Å²) in [5.74, 6) is -0.450. The summed E-state index contributed by atoms with van der Waals surface area (Å²) in [6.45, 7) is 3.81. The fourth-order valence-corrected chi connectivity index (χ4v) is 3.05. The number of nitrogens with one attached hydrogen (secondary N) is 3. The predicted molar refractivity (Wildman–Crippen MR) is 116 cm³/mol. The van der Waals surface area contributed by atoms with Gasteiger partial charge in [-0.1, -0.05) is 31.5 Å². The molecule has 2 heterocycles. The zero-order chi connectivity index (χ0) is 23.1. The van der Waals surface area contributed by atoms with Gasteiger partial charge in [-0.05, 0) is 25.8 Å². The Morgan fingerprint density at radius 3 is 2.65 bits per heavy atom. The third kappa shape index (κ3) is 6.30. The van der Waals surface area contributed by atoms with Crippen molar-refractivity contribution >= 4 is 40.7 Å². The number of hydrogen-bond donors (Lipinski definition) is 3. The molecule has 0 aliphatic carbocycles.